The second-order valence-electron chi connectivity index (χ2n) is 4.69. The fourth-order valence-electron chi connectivity index (χ4n) is 2.28. The van der Waals surface area contributed by atoms with Gasteiger partial charge in [-0.1, -0.05) is 24.3 Å². The number of fused-ring (bicyclic) bond motifs is 1. The fourth-order valence-corrected chi connectivity index (χ4v) is 2.49. The quantitative estimate of drug-likeness (QED) is 0.793. The standard InChI is InChI=1S/C16H13BrN2O2/c1-21-12-6-5-10-3-2-4-11(13(10)8-12)7-15-18-9-14(17)16(20)19-15/h2-6,8-9H,7H2,1H3,(H,18,19,20). The van der Waals surface area contributed by atoms with Gasteiger partial charge in [-0.15, -0.1) is 0 Å². The van der Waals surface area contributed by atoms with E-state index in [1.807, 2.05) is 30.3 Å². The molecule has 0 unspecified atom stereocenters. The Morgan fingerprint density at radius 3 is 2.90 bits per heavy atom. The summed E-state index contributed by atoms with van der Waals surface area (Å²) < 4.78 is 5.72. The molecule has 4 nitrogen and oxygen atoms in total. The van der Waals surface area contributed by atoms with Gasteiger partial charge >= 0.3 is 0 Å². The molecule has 1 heterocycles. The Labute approximate surface area is 129 Å². The number of nitrogens with zero attached hydrogens (tertiary/aromatic N) is 1. The largest absolute Gasteiger partial charge is 0.497 e. The van der Waals surface area contributed by atoms with E-state index in [1.54, 1.807) is 7.11 Å². The summed E-state index contributed by atoms with van der Waals surface area (Å²) >= 11 is 3.15. The number of aromatic amines is 1. The van der Waals surface area contributed by atoms with Gasteiger partial charge < -0.3 is 9.72 Å². The highest BCUT2D eigenvalue weighted by Gasteiger charge is 2.06. The molecule has 0 bridgehead atoms. The van der Waals surface area contributed by atoms with E-state index < -0.39 is 0 Å². The number of halogens is 1. The Hall–Kier alpha value is -2.14. The van der Waals surface area contributed by atoms with Crippen LogP contribution in [0.5, 0.6) is 5.75 Å². The number of H-pyrrole nitrogens is 1. The Kier molecular flexibility index (Phi) is 3.75. The first-order valence-corrected chi connectivity index (χ1v) is 7.26. The van der Waals surface area contributed by atoms with Crippen LogP contribution in [0.1, 0.15) is 11.4 Å². The van der Waals surface area contributed by atoms with Crippen LogP contribution in [0.4, 0.5) is 0 Å². The molecule has 0 fully saturated rings. The van der Waals surface area contributed by atoms with Gasteiger partial charge in [0.25, 0.3) is 5.56 Å². The van der Waals surface area contributed by atoms with Gasteiger partial charge in [0.1, 0.15) is 16.0 Å². The number of rotatable bonds is 3. The van der Waals surface area contributed by atoms with Gasteiger partial charge in [-0.3, -0.25) is 4.79 Å². The minimum atomic E-state index is -0.169. The number of hydrogen-bond acceptors (Lipinski definition) is 3. The van der Waals surface area contributed by atoms with Crippen LogP contribution in [0.3, 0.4) is 0 Å². The third kappa shape index (κ3) is 2.83. The monoisotopic (exact) mass is 344 g/mol. The predicted octanol–water partition coefficient (Wildman–Crippen LogP) is 3.29. The zero-order valence-corrected chi connectivity index (χ0v) is 13.0. The Morgan fingerprint density at radius 1 is 1.29 bits per heavy atom. The zero-order chi connectivity index (χ0) is 14.8. The van der Waals surface area contributed by atoms with Gasteiger partial charge in [0.05, 0.1) is 7.11 Å². The molecule has 106 valence electrons. The third-order valence-electron chi connectivity index (χ3n) is 3.35. The Bertz CT molecular complexity index is 858. The SMILES string of the molecule is COc1ccc2cccc(Cc3ncc(Br)c(=O)[nH]3)c2c1. The van der Waals surface area contributed by atoms with Crippen molar-refractivity contribution in [3.63, 3.8) is 0 Å². The highest BCUT2D eigenvalue weighted by Crippen LogP contribution is 2.25. The lowest BCUT2D eigenvalue weighted by Crippen LogP contribution is -2.11. The van der Waals surface area contributed by atoms with E-state index >= 15 is 0 Å². The van der Waals surface area contributed by atoms with Gasteiger partial charge in [-0.2, -0.15) is 0 Å². The lowest BCUT2D eigenvalue weighted by Gasteiger charge is -2.08. The maximum Gasteiger partial charge on any atom is 0.265 e. The summed E-state index contributed by atoms with van der Waals surface area (Å²) in [5.74, 6) is 1.45. The number of methoxy groups -OCH3 is 1. The molecule has 0 saturated carbocycles. The van der Waals surface area contributed by atoms with Crippen molar-refractivity contribution in [3.05, 3.63) is 68.8 Å². The summed E-state index contributed by atoms with van der Waals surface area (Å²) in [4.78, 5) is 18.7. The van der Waals surface area contributed by atoms with E-state index in [0.717, 1.165) is 22.1 Å². The molecular weight excluding hydrogens is 332 g/mol. The number of hydrogen-bond donors (Lipinski definition) is 1. The first kappa shape index (κ1) is 13.8. The van der Waals surface area contributed by atoms with Gasteiger partial charge in [-0.25, -0.2) is 4.98 Å². The van der Waals surface area contributed by atoms with Crippen molar-refractivity contribution in [2.45, 2.75) is 6.42 Å². The van der Waals surface area contributed by atoms with Crippen LogP contribution in [-0.2, 0) is 6.42 Å². The van der Waals surface area contributed by atoms with Gasteiger partial charge in [-0.05, 0) is 44.4 Å². The average Bonchev–Trinajstić information content (AvgIpc) is 2.51. The number of ether oxygens (including phenoxy) is 1. The molecule has 0 aliphatic rings. The highest BCUT2D eigenvalue weighted by molar-refractivity contribution is 9.10. The van der Waals surface area contributed by atoms with Crippen LogP contribution < -0.4 is 10.3 Å². The van der Waals surface area contributed by atoms with Gasteiger partial charge in [0.15, 0.2) is 0 Å². The van der Waals surface area contributed by atoms with Crippen LogP contribution in [0.25, 0.3) is 10.8 Å². The molecule has 3 rings (SSSR count). The summed E-state index contributed by atoms with van der Waals surface area (Å²) in [6, 6.07) is 12.0. The molecule has 0 radical (unpaired) electrons. The minimum Gasteiger partial charge on any atom is -0.497 e. The predicted molar refractivity (Wildman–Crippen MR) is 85.9 cm³/mol. The molecule has 0 aliphatic heterocycles. The van der Waals surface area contributed by atoms with Crippen LogP contribution >= 0.6 is 15.9 Å². The molecule has 0 saturated heterocycles. The van der Waals surface area contributed by atoms with Crippen LogP contribution in [-0.4, -0.2) is 17.1 Å². The lowest BCUT2D eigenvalue weighted by atomic mass is 10.0. The van der Waals surface area contributed by atoms with Crippen molar-refractivity contribution in [2.24, 2.45) is 0 Å². The van der Waals surface area contributed by atoms with Crippen molar-refractivity contribution in [3.8, 4) is 5.75 Å². The maximum absolute atomic E-state index is 11.6. The van der Waals surface area contributed by atoms with E-state index in [9.17, 15) is 4.79 Å². The van der Waals surface area contributed by atoms with Crippen LogP contribution in [0, 0.1) is 0 Å². The normalized spacial score (nSPS) is 10.8. The van der Waals surface area contributed by atoms with Crippen LogP contribution in [0.2, 0.25) is 0 Å². The second-order valence-corrected chi connectivity index (χ2v) is 5.54. The van der Waals surface area contributed by atoms with Gasteiger partial charge in [0, 0.05) is 12.6 Å². The molecule has 0 spiro atoms. The fraction of sp³-hybridized carbons (Fsp3) is 0.125. The molecule has 1 aromatic heterocycles. The second kappa shape index (κ2) is 5.69. The number of benzene rings is 2. The van der Waals surface area contributed by atoms with E-state index in [-0.39, 0.29) is 5.56 Å². The molecule has 0 amide bonds. The minimum absolute atomic E-state index is 0.169. The molecule has 1 N–H and O–H groups in total. The average molecular weight is 345 g/mol. The lowest BCUT2D eigenvalue weighted by molar-refractivity contribution is 0.415. The zero-order valence-electron chi connectivity index (χ0n) is 11.4. The Balaban J connectivity index is 2.07. The smallest absolute Gasteiger partial charge is 0.265 e. The van der Waals surface area contributed by atoms with Gasteiger partial charge in [0.2, 0.25) is 0 Å². The van der Waals surface area contributed by atoms with Crippen molar-refractivity contribution in [1.82, 2.24) is 9.97 Å². The Morgan fingerprint density at radius 2 is 2.14 bits per heavy atom. The van der Waals surface area contributed by atoms with E-state index in [2.05, 4.69) is 32.0 Å². The molecule has 5 heteroatoms. The summed E-state index contributed by atoms with van der Waals surface area (Å²) in [5, 5.41) is 2.23. The van der Waals surface area contributed by atoms with Crippen molar-refractivity contribution >= 4 is 26.7 Å². The highest BCUT2D eigenvalue weighted by atomic mass is 79.9. The summed E-state index contributed by atoms with van der Waals surface area (Å²) in [5.41, 5.74) is 0.926. The first-order chi connectivity index (χ1) is 10.2. The topological polar surface area (TPSA) is 55.0 Å². The van der Waals surface area contributed by atoms with Crippen LogP contribution in [0.15, 0.2) is 51.9 Å². The number of nitrogens with one attached hydrogen (secondary N) is 1. The maximum atomic E-state index is 11.6. The molecule has 0 atom stereocenters. The van der Waals surface area contributed by atoms with Crippen molar-refractivity contribution < 1.29 is 4.74 Å². The number of aromatic nitrogens is 2. The third-order valence-corrected chi connectivity index (χ3v) is 3.91. The molecule has 0 aliphatic carbocycles. The van der Waals surface area contributed by atoms with E-state index in [1.165, 1.54) is 6.20 Å². The molecule has 2 aromatic carbocycles. The van der Waals surface area contributed by atoms with E-state index in [4.69, 9.17) is 4.74 Å². The van der Waals surface area contributed by atoms with Crippen molar-refractivity contribution in [1.29, 1.82) is 0 Å². The molecular formula is C16H13BrN2O2. The summed E-state index contributed by atoms with van der Waals surface area (Å²) in [6.07, 6.45) is 2.09. The van der Waals surface area contributed by atoms with Crippen molar-refractivity contribution in [2.75, 3.05) is 7.11 Å². The summed E-state index contributed by atoms with van der Waals surface area (Å²) in [7, 11) is 1.65. The van der Waals surface area contributed by atoms with E-state index in [0.29, 0.717) is 16.7 Å². The molecule has 21 heavy (non-hydrogen) atoms. The molecule has 3 aromatic rings. The first-order valence-electron chi connectivity index (χ1n) is 6.47. The summed E-state index contributed by atoms with van der Waals surface area (Å²) in [6.45, 7) is 0.